The Labute approximate surface area is 84.1 Å². The summed E-state index contributed by atoms with van der Waals surface area (Å²) in [4.78, 5) is 0. The van der Waals surface area contributed by atoms with E-state index in [0.29, 0.717) is 0 Å². The second kappa shape index (κ2) is 4.02. The Balaban J connectivity index is 2.55. The summed E-state index contributed by atoms with van der Waals surface area (Å²) in [6.45, 7) is 12.1. The Kier molecular flexibility index (Phi) is 3.43. The van der Waals surface area contributed by atoms with Crippen LogP contribution in [-0.4, -0.2) is 0 Å². The summed E-state index contributed by atoms with van der Waals surface area (Å²) < 4.78 is 0. The van der Waals surface area contributed by atoms with Crippen LogP contribution in [0.15, 0.2) is 0 Å². The summed E-state index contributed by atoms with van der Waals surface area (Å²) >= 11 is 0. The standard InChI is InChI=1S/C13H26/c1-6-10(3)11(4)12(7-2)13(5)8-9-13/h10-12H,6-9H2,1-5H3. The molecule has 0 aliphatic heterocycles. The third-order valence-electron chi connectivity index (χ3n) is 4.55. The van der Waals surface area contributed by atoms with Crippen LogP contribution in [0.1, 0.15) is 60.3 Å². The van der Waals surface area contributed by atoms with Gasteiger partial charge >= 0.3 is 0 Å². The Morgan fingerprint density at radius 3 is 1.92 bits per heavy atom. The summed E-state index contributed by atoms with van der Waals surface area (Å²) in [6, 6.07) is 0. The topological polar surface area (TPSA) is 0 Å². The lowest BCUT2D eigenvalue weighted by Crippen LogP contribution is -2.25. The van der Waals surface area contributed by atoms with Gasteiger partial charge in [0.05, 0.1) is 0 Å². The van der Waals surface area contributed by atoms with Crippen LogP contribution in [0, 0.1) is 23.2 Å². The predicted octanol–water partition coefficient (Wildman–Crippen LogP) is 4.49. The number of rotatable bonds is 5. The van der Waals surface area contributed by atoms with Gasteiger partial charge in [0.2, 0.25) is 0 Å². The van der Waals surface area contributed by atoms with Gasteiger partial charge in [-0.1, -0.05) is 47.5 Å². The zero-order valence-corrected chi connectivity index (χ0v) is 10.1. The van der Waals surface area contributed by atoms with Crippen molar-refractivity contribution in [1.29, 1.82) is 0 Å². The lowest BCUT2D eigenvalue weighted by molar-refractivity contribution is 0.170. The second-order valence-corrected chi connectivity index (χ2v) is 5.41. The van der Waals surface area contributed by atoms with E-state index in [1.165, 1.54) is 25.7 Å². The zero-order chi connectivity index (χ0) is 10.1. The molecule has 1 aliphatic rings. The molecular formula is C13H26. The molecule has 0 heteroatoms. The van der Waals surface area contributed by atoms with E-state index in [1.54, 1.807) is 0 Å². The van der Waals surface area contributed by atoms with Crippen molar-refractivity contribution < 1.29 is 0 Å². The molecule has 1 fully saturated rings. The van der Waals surface area contributed by atoms with E-state index in [1.807, 2.05) is 0 Å². The van der Waals surface area contributed by atoms with E-state index in [-0.39, 0.29) is 0 Å². The smallest absolute Gasteiger partial charge is 0.0295 e. The molecule has 1 rings (SSSR count). The third-order valence-corrected chi connectivity index (χ3v) is 4.55. The summed E-state index contributed by atoms with van der Waals surface area (Å²) in [5.74, 6) is 2.80. The van der Waals surface area contributed by atoms with Gasteiger partial charge in [-0.15, -0.1) is 0 Å². The molecule has 0 spiro atoms. The molecule has 3 atom stereocenters. The number of hydrogen-bond donors (Lipinski definition) is 0. The highest BCUT2D eigenvalue weighted by atomic mass is 14.5. The van der Waals surface area contributed by atoms with E-state index in [2.05, 4.69) is 34.6 Å². The van der Waals surface area contributed by atoms with E-state index < -0.39 is 0 Å². The fourth-order valence-electron chi connectivity index (χ4n) is 2.84. The Morgan fingerprint density at radius 2 is 1.62 bits per heavy atom. The normalized spacial score (nSPS) is 26.5. The Hall–Kier alpha value is 0. The first kappa shape index (κ1) is 11.1. The van der Waals surface area contributed by atoms with Crippen LogP contribution in [0.5, 0.6) is 0 Å². The molecule has 1 saturated carbocycles. The van der Waals surface area contributed by atoms with Gasteiger partial charge in [-0.3, -0.25) is 0 Å². The highest BCUT2D eigenvalue weighted by molar-refractivity contribution is 4.96. The van der Waals surface area contributed by atoms with Crippen molar-refractivity contribution in [3.8, 4) is 0 Å². The van der Waals surface area contributed by atoms with Crippen molar-refractivity contribution in [2.75, 3.05) is 0 Å². The molecule has 1 aliphatic carbocycles. The van der Waals surface area contributed by atoms with E-state index in [0.717, 1.165) is 23.2 Å². The fraction of sp³-hybridized carbons (Fsp3) is 1.00. The summed E-state index contributed by atoms with van der Waals surface area (Å²) in [5.41, 5.74) is 0.720. The van der Waals surface area contributed by atoms with Crippen LogP contribution in [0.25, 0.3) is 0 Å². The monoisotopic (exact) mass is 182 g/mol. The molecule has 0 aromatic carbocycles. The predicted molar refractivity (Wildman–Crippen MR) is 59.7 cm³/mol. The lowest BCUT2D eigenvalue weighted by atomic mass is 9.73. The molecule has 0 heterocycles. The minimum Gasteiger partial charge on any atom is -0.0651 e. The molecule has 0 bridgehead atoms. The van der Waals surface area contributed by atoms with E-state index in [9.17, 15) is 0 Å². The largest absolute Gasteiger partial charge is 0.0651 e. The minimum absolute atomic E-state index is 0.720. The third kappa shape index (κ3) is 2.27. The van der Waals surface area contributed by atoms with Gasteiger partial charge in [0.1, 0.15) is 0 Å². The van der Waals surface area contributed by atoms with Gasteiger partial charge in [0.15, 0.2) is 0 Å². The van der Waals surface area contributed by atoms with E-state index in [4.69, 9.17) is 0 Å². The highest BCUT2D eigenvalue weighted by Gasteiger charge is 2.46. The SMILES string of the molecule is CCC(C)C(C)C(CC)C1(C)CC1. The number of hydrogen-bond acceptors (Lipinski definition) is 0. The zero-order valence-electron chi connectivity index (χ0n) is 10.1. The molecule has 0 aromatic heterocycles. The van der Waals surface area contributed by atoms with Crippen molar-refractivity contribution in [3.05, 3.63) is 0 Å². The van der Waals surface area contributed by atoms with Crippen molar-refractivity contribution >= 4 is 0 Å². The van der Waals surface area contributed by atoms with Crippen LogP contribution < -0.4 is 0 Å². The van der Waals surface area contributed by atoms with Gasteiger partial charge in [-0.25, -0.2) is 0 Å². The first-order chi connectivity index (χ1) is 6.05. The van der Waals surface area contributed by atoms with Gasteiger partial charge in [0, 0.05) is 0 Å². The Bertz CT molecular complexity index is 155. The maximum atomic E-state index is 2.49. The van der Waals surface area contributed by atoms with Gasteiger partial charge in [-0.2, -0.15) is 0 Å². The maximum absolute atomic E-state index is 2.49. The first-order valence-corrected chi connectivity index (χ1v) is 6.05. The molecule has 78 valence electrons. The summed E-state index contributed by atoms with van der Waals surface area (Å²) in [6.07, 6.45) is 5.67. The van der Waals surface area contributed by atoms with Crippen LogP contribution in [-0.2, 0) is 0 Å². The van der Waals surface area contributed by atoms with Crippen molar-refractivity contribution in [3.63, 3.8) is 0 Å². The lowest BCUT2D eigenvalue weighted by Gasteiger charge is -2.32. The summed E-state index contributed by atoms with van der Waals surface area (Å²) in [5, 5.41) is 0. The molecule has 0 aromatic rings. The first-order valence-electron chi connectivity index (χ1n) is 6.05. The van der Waals surface area contributed by atoms with Crippen molar-refractivity contribution in [1.82, 2.24) is 0 Å². The quantitative estimate of drug-likeness (QED) is 0.587. The maximum Gasteiger partial charge on any atom is -0.0295 e. The molecule has 0 nitrogen and oxygen atoms in total. The molecule has 0 N–H and O–H groups in total. The van der Waals surface area contributed by atoms with Crippen molar-refractivity contribution in [2.24, 2.45) is 23.2 Å². The molecular weight excluding hydrogens is 156 g/mol. The molecule has 3 unspecified atom stereocenters. The van der Waals surface area contributed by atoms with Crippen molar-refractivity contribution in [2.45, 2.75) is 60.3 Å². The average Bonchev–Trinajstić information content (AvgIpc) is 2.84. The minimum atomic E-state index is 0.720. The molecule has 0 saturated heterocycles. The second-order valence-electron chi connectivity index (χ2n) is 5.41. The van der Waals surface area contributed by atoms with Crippen LogP contribution >= 0.6 is 0 Å². The van der Waals surface area contributed by atoms with Crippen LogP contribution in [0.2, 0.25) is 0 Å². The van der Waals surface area contributed by atoms with E-state index >= 15 is 0 Å². The van der Waals surface area contributed by atoms with Crippen LogP contribution in [0.3, 0.4) is 0 Å². The molecule has 0 amide bonds. The van der Waals surface area contributed by atoms with Gasteiger partial charge in [0.25, 0.3) is 0 Å². The summed E-state index contributed by atoms with van der Waals surface area (Å²) in [7, 11) is 0. The van der Waals surface area contributed by atoms with Crippen LogP contribution in [0.4, 0.5) is 0 Å². The fourth-order valence-corrected chi connectivity index (χ4v) is 2.84. The Morgan fingerprint density at radius 1 is 1.08 bits per heavy atom. The van der Waals surface area contributed by atoms with Gasteiger partial charge in [-0.05, 0) is 36.0 Å². The van der Waals surface area contributed by atoms with Gasteiger partial charge < -0.3 is 0 Å². The average molecular weight is 182 g/mol. The highest BCUT2D eigenvalue weighted by Crippen LogP contribution is 2.56. The molecule has 13 heavy (non-hydrogen) atoms. The molecule has 0 radical (unpaired) electrons.